The molecule has 0 unspecified atom stereocenters. The molecule has 1 atom stereocenters. The molecule has 0 spiro atoms. The third kappa shape index (κ3) is 3.83. The molecule has 2 aromatic rings. The van der Waals surface area contributed by atoms with Gasteiger partial charge in [0.2, 0.25) is 11.8 Å². The fraction of sp³-hybridized carbons (Fsp3) is 0.455. The molecule has 27 heavy (non-hydrogen) atoms. The van der Waals surface area contributed by atoms with Gasteiger partial charge in [-0.2, -0.15) is 0 Å². The molecule has 0 heterocycles. The maximum Gasteiger partial charge on any atom is 0.235 e. The van der Waals surface area contributed by atoms with Gasteiger partial charge >= 0.3 is 0 Å². The summed E-state index contributed by atoms with van der Waals surface area (Å²) in [5.41, 5.74) is 3.86. The number of rotatable bonds is 5. The van der Waals surface area contributed by atoms with Gasteiger partial charge in [-0.3, -0.25) is 9.59 Å². The largest absolute Gasteiger partial charge is 0.387 e. The molecule has 5 heteroatoms. The lowest BCUT2D eigenvalue weighted by Crippen LogP contribution is -2.53. The number of fused-ring (bicyclic) bond motifs is 1. The Hall–Kier alpha value is -2.40. The van der Waals surface area contributed by atoms with E-state index in [1.807, 2.05) is 42.5 Å². The highest BCUT2D eigenvalue weighted by Gasteiger charge is 2.43. The van der Waals surface area contributed by atoms with Crippen molar-refractivity contribution in [2.45, 2.75) is 57.6 Å². The van der Waals surface area contributed by atoms with Crippen molar-refractivity contribution in [3.63, 3.8) is 0 Å². The Morgan fingerprint density at radius 2 is 1.70 bits per heavy atom. The lowest BCUT2D eigenvalue weighted by molar-refractivity contribution is -0.142. The van der Waals surface area contributed by atoms with Gasteiger partial charge in [-0.1, -0.05) is 55.7 Å². The van der Waals surface area contributed by atoms with E-state index in [9.17, 15) is 14.7 Å². The van der Waals surface area contributed by atoms with Gasteiger partial charge in [0.05, 0.1) is 11.6 Å². The number of aliphatic hydroxyl groups is 1. The summed E-state index contributed by atoms with van der Waals surface area (Å²) >= 11 is 0. The van der Waals surface area contributed by atoms with Gasteiger partial charge in [-0.25, -0.2) is 0 Å². The van der Waals surface area contributed by atoms with Crippen LogP contribution in [0.3, 0.4) is 0 Å². The molecule has 2 aromatic carbocycles. The van der Waals surface area contributed by atoms with E-state index in [-0.39, 0.29) is 0 Å². The van der Waals surface area contributed by atoms with E-state index in [0.717, 1.165) is 35.6 Å². The highest BCUT2D eigenvalue weighted by atomic mass is 16.3. The predicted molar refractivity (Wildman–Crippen MR) is 106 cm³/mol. The molecule has 0 aromatic heterocycles. The van der Waals surface area contributed by atoms with Gasteiger partial charge < -0.3 is 16.2 Å². The molecule has 3 rings (SSSR count). The van der Waals surface area contributed by atoms with Crippen molar-refractivity contribution in [3.8, 4) is 0 Å². The summed E-state index contributed by atoms with van der Waals surface area (Å²) in [6.45, 7) is 3.01. The third-order valence-electron chi connectivity index (χ3n) is 5.82. The second kappa shape index (κ2) is 7.31. The quantitative estimate of drug-likeness (QED) is 0.708. The Morgan fingerprint density at radius 3 is 2.33 bits per heavy atom. The second-order valence-electron chi connectivity index (χ2n) is 8.17. The molecule has 0 bridgehead atoms. The van der Waals surface area contributed by atoms with E-state index in [1.165, 1.54) is 13.8 Å². The van der Waals surface area contributed by atoms with Crippen molar-refractivity contribution in [2.75, 3.05) is 0 Å². The van der Waals surface area contributed by atoms with Crippen LogP contribution in [0.5, 0.6) is 0 Å². The van der Waals surface area contributed by atoms with Crippen LogP contribution in [0.4, 0.5) is 0 Å². The first-order valence-electron chi connectivity index (χ1n) is 9.56. The number of amides is 2. The van der Waals surface area contributed by atoms with Crippen molar-refractivity contribution in [1.29, 1.82) is 0 Å². The SMILES string of the molecule is CC(C)(C(N)=O)C(=O)N[C@H](c1ccc2ccccc2c1)C1(O)CCCCC1. The number of hydrogen-bond donors (Lipinski definition) is 3. The monoisotopic (exact) mass is 368 g/mol. The number of nitrogens with one attached hydrogen (secondary N) is 1. The molecule has 1 aliphatic rings. The molecule has 0 saturated heterocycles. The number of primary amides is 1. The fourth-order valence-corrected chi connectivity index (χ4v) is 3.79. The van der Waals surface area contributed by atoms with Crippen molar-refractivity contribution < 1.29 is 14.7 Å². The lowest BCUT2D eigenvalue weighted by Gasteiger charge is -2.41. The van der Waals surface area contributed by atoms with Crippen LogP contribution in [0.1, 0.15) is 57.6 Å². The molecular weight excluding hydrogens is 340 g/mol. The standard InChI is InChI=1S/C22H28N2O3/c1-21(2,19(23)25)20(26)24-18(22(27)12-6-3-7-13-22)17-11-10-15-8-4-5-9-16(15)14-17/h4-5,8-11,14,18,27H,3,6-7,12-13H2,1-2H3,(H2,23,25)(H,24,26)/t18-/m1/s1. The normalized spacial score (nSPS) is 18.0. The molecule has 0 radical (unpaired) electrons. The van der Waals surface area contributed by atoms with Gasteiger partial charge in [0.25, 0.3) is 0 Å². The summed E-state index contributed by atoms with van der Waals surface area (Å²) in [4.78, 5) is 24.5. The zero-order valence-electron chi connectivity index (χ0n) is 16.0. The van der Waals surface area contributed by atoms with E-state index in [4.69, 9.17) is 5.73 Å². The Balaban J connectivity index is 2.01. The zero-order chi connectivity index (χ0) is 19.7. The van der Waals surface area contributed by atoms with E-state index in [2.05, 4.69) is 5.32 Å². The maximum atomic E-state index is 12.8. The van der Waals surface area contributed by atoms with Gasteiger partial charge in [0.1, 0.15) is 5.41 Å². The fourth-order valence-electron chi connectivity index (χ4n) is 3.79. The van der Waals surface area contributed by atoms with Crippen molar-refractivity contribution in [2.24, 2.45) is 11.1 Å². The van der Waals surface area contributed by atoms with Crippen molar-refractivity contribution in [3.05, 3.63) is 48.0 Å². The Labute approximate surface area is 159 Å². The molecule has 144 valence electrons. The Bertz CT molecular complexity index is 854. The van der Waals surface area contributed by atoms with Gasteiger partial charge in [0.15, 0.2) is 0 Å². The van der Waals surface area contributed by atoms with Crippen LogP contribution >= 0.6 is 0 Å². The highest BCUT2D eigenvalue weighted by Crippen LogP contribution is 2.39. The summed E-state index contributed by atoms with van der Waals surface area (Å²) in [7, 11) is 0. The van der Waals surface area contributed by atoms with Crippen LogP contribution in [0.15, 0.2) is 42.5 Å². The summed E-state index contributed by atoms with van der Waals surface area (Å²) in [6, 6.07) is 13.3. The minimum Gasteiger partial charge on any atom is -0.387 e. The summed E-state index contributed by atoms with van der Waals surface area (Å²) < 4.78 is 0. The molecular formula is C22H28N2O3. The van der Waals surface area contributed by atoms with E-state index >= 15 is 0 Å². The molecule has 1 saturated carbocycles. The number of benzene rings is 2. The van der Waals surface area contributed by atoms with Crippen LogP contribution in [-0.2, 0) is 9.59 Å². The number of nitrogens with two attached hydrogens (primary N) is 1. The number of carbonyl (C=O) groups excluding carboxylic acids is 2. The van der Waals surface area contributed by atoms with Crippen LogP contribution in [-0.4, -0.2) is 22.5 Å². The van der Waals surface area contributed by atoms with Gasteiger partial charge in [0, 0.05) is 0 Å². The third-order valence-corrected chi connectivity index (χ3v) is 5.82. The summed E-state index contributed by atoms with van der Waals surface area (Å²) in [5, 5.41) is 16.5. The minimum absolute atomic E-state index is 0.466. The summed E-state index contributed by atoms with van der Waals surface area (Å²) in [6.07, 6.45) is 4.13. The van der Waals surface area contributed by atoms with E-state index in [0.29, 0.717) is 12.8 Å². The van der Waals surface area contributed by atoms with Crippen molar-refractivity contribution >= 4 is 22.6 Å². The van der Waals surface area contributed by atoms with Gasteiger partial charge in [-0.05, 0) is 49.1 Å². The predicted octanol–water partition coefficient (Wildman–Crippen LogP) is 3.20. The molecule has 1 aliphatic carbocycles. The van der Waals surface area contributed by atoms with Crippen molar-refractivity contribution in [1.82, 2.24) is 5.32 Å². The second-order valence-corrected chi connectivity index (χ2v) is 8.17. The average molecular weight is 368 g/mol. The smallest absolute Gasteiger partial charge is 0.235 e. The first kappa shape index (κ1) is 19.4. The maximum absolute atomic E-state index is 12.8. The van der Waals surface area contributed by atoms with E-state index in [1.54, 1.807) is 0 Å². The molecule has 0 aliphatic heterocycles. The lowest BCUT2D eigenvalue weighted by atomic mass is 9.76. The first-order chi connectivity index (χ1) is 12.7. The Kier molecular flexibility index (Phi) is 5.24. The van der Waals surface area contributed by atoms with Crippen LogP contribution < -0.4 is 11.1 Å². The Morgan fingerprint density at radius 1 is 1.07 bits per heavy atom. The van der Waals surface area contributed by atoms with Crippen LogP contribution in [0.25, 0.3) is 10.8 Å². The number of carbonyl (C=O) groups is 2. The van der Waals surface area contributed by atoms with E-state index < -0.39 is 28.9 Å². The molecule has 1 fully saturated rings. The molecule has 2 amide bonds. The first-order valence-corrected chi connectivity index (χ1v) is 9.56. The van der Waals surface area contributed by atoms with Crippen LogP contribution in [0.2, 0.25) is 0 Å². The molecule has 4 N–H and O–H groups in total. The topological polar surface area (TPSA) is 92.4 Å². The average Bonchev–Trinajstić information content (AvgIpc) is 2.65. The molecule has 5 nitrogen and oxygen atoms in total. The minimum atomic E-state index is -1.35. The zero-order valence-corrected chi connectivity index (χ0v) is 16.0. The van der Waals surface area contributed by atoms with Gasteiger partial charge in [-0.15, -0.1) is 0 Å². The highest BCUT2D eigenvalue weighted by molar-refractivity contribution is 6.03. The number of hydrogen-bond acceptors (Lipinski definition) is 3. The summed E-state index contributed by atoms with van der Waals surface area (Å²) in [5.74, 6) is -1.15. The van der Waals surface area contributed by atoms with Crippen LogP contribution in [0, 0.1) is 5.41 Å².